The van der Waals surface area contributed by atoms with Crippen LogP contribution in [0.5, 0.6) is 0 Å². The zero-order valence-corrected chi connectivity index (χ0v) is 14.9. The molecular formula is C20H24N4O2. The highest BCUT2D eigenvalue weighted by Gasteiger charge is 2.27. The molecule has 0 spiro atoms. The summed E-state index contributed by atoms with van der Waals surface area (Å²) in [6.45, 7) is 3.69. The molecule has 1 fully saturated rings. The van der Waals surface area contributed by atoms with Crippen LogP contribution in [0.25, 0.3) is 11.0 Å². The van der Waals surface area contributed by atoms with Crippen molar-refractivity contribution in [3.05, 3.63) is 48.4 Å². The topological polar surface area (TPSA) is 74.2 Å². The minimum atomic E-state index is 0.0645. The zero-order valence-electron chi connectivity index (χ0n) is 14.9. The number of imidazole rings is 1. The lowest BCUT2D eigenvalue weighted by molar-refractivity contribution is -0.126. The SMILES string of the molecule is C[C@H](Cc1ccco1)NC(=O)C1CCN(c2nc3ccccc3[nH]2)CC1. The van der Waals surface area contributed by atoms with Gasteiger partial charge >= 0.3 is 0 Å². The Balaban J connectivity index is 1.30. The molecule has 2 aromatic heterocycles. The maximum atomic E-state index is 12.5. The van der Waals surface area contributed by atoms with Gasteiger partial charge in [0.05, 0.1) is 17.3 Å². The fourth-order valence-corrected chi connectivity index (χ4v) is 3.58. The Morgan fingerprint density at radius 2 is 2.12 bits per heavy atom. The standard InChI is InChI=1S/C20H24N4O2/c1-14(13-16-5-4-12-26-16)21-19(25)15-8-10-24(11-9-15)20-22-17-6-2-3-7-18(17)23-20/h2-7,12,14-15H,8-11,13H2,1H3,(H,21,25)(H,22,23)/t14-/m1/s1. The van der Waals surface area contributed by atoms with Crippen molar-refractivity contribution in [2.45, 2.75) is 32.2 Å². The summed E-state index contributed by atoms with van der Waals surface area (Å²) >= 11 is 0. The number of H-pyrrole nitrogens is 1. The summed E-state index contributed by atoms with van der Waals surface area (Å²) in [4.78, 5) is 22.8. The molecule has 0 unspecified atom stereocenters. The van der Waals surface area contributed by atoms with Crippen molar-refractivity contribution >= 4 is 22.9 Å². The molecular weight excluding hydrogens is 328 g/mol. The van der Waals surface area contributed by atoms with Crippen molar-refractivity contribution in [2.24, 2.45) is 5.92 Å². The number of hydrogen-bond donors (Lipinski definition) is 2. The Kier molecular flexibility index (Phi) is 4.65. The number of furan rings is 1. The molecule has 3 heterocycles. The van der Waals surface area contributed by atoms with Crippen LogP contribution in [0.3, 0.4) is 0 Å². The van der Waals surface area contributed by atoms with Crippen LogP contribution in [0.15, 0.2) is 47.1 Å². The highest BCUT2D eigenvalue weighted by molar-refractivity contribution is 5.80. The van der Waals surface area contributed by atoms with E-state index < -0.39 is 0 Å². The summed E-state index contributed by atoms with van der Waals surface area (Å²) in [5, 5.41) is 3.12. The zero-order chi connectivity index (χ0) is 17.9. The first-order valence-electron chi connectivity index (χ1n) is 9.21. The molecule has 1 atom stereocenters. The van der Waals surface area contributed by atoms with Gasteiger partial charge in [0.25, 0.3) is 0 Å². The Labute approximate surface area is 152 Å². The van der Waals surface area contributed by atoms with Crippen molar-refractivity contribution in [3.63, 3.8) is 0 Å². The van der Waals surface area contributed by atoms with E-state index in [4.69, 9.17) is 4.42 Å². The van der Waals surface area contributed by atoms with Gasteiger partial charge in [-0.15, -0.1) is 0 Å². The van der Waals surface area contributed by atoms with E-state index in [1.807, 2.05) is 43.3 Å². The number of carbonyl (C=O) groups is 1. The molecule has 4 rings (SSSR count). The van der Waals surface area contributed by atoms with Crippen molar-refractivity contribution in [3.8, 4) is 0 Å². The summed E-state index contributed by atoms with van der Waals surface area (Å²) in [5.74, 6) is 2.01. The molecule has 0 radical (unpaired) electrons. The number of aromatic amines is 1. The molecule has 0 bridgehead atoms. The van der Waals surface area contributed by atoms with Gasteiger partial charge in [0.15, 0.2) is 0 Å². The van der Waals surface area contributed by atoms with Crippen molar-refractivity contribution < 1.29 is 9.21 Å². The van der Waals surface area contributed by atoms with Gasteiger partial charge < -0.3 is 19.6 Å². The first kappa shape index (κ1) is 16.7. The summed E-state index contributed by atoms with van der Waals surface area (Å²) in [6.07, 6.45) is 4.07. The molecule has 136 valence electrons. The van der Waals surface area contributed by atoms with Gasteiger partial charge in [-0.2, -0.15) is 0 Å². The lowest BCUT2D eigenvalue weighted by Crippen LogP contribution is -2.43. The minimum absolute atomic E-state index is 0.0645. The second-order valence-electron chi connectivity index (χ2n) is 7.03. The van der Waals surface area contributed by atoms with E-state index in [0.29, 0.717) is 0 Å². The van der Waals surface area contributed by atoms with E-state index in [2.05, 4.69) is 20.2 Å². The van der Waals surface area contributed by atoms with Gasteiger partial charge in [0.1, 0.15) is 5.76 Å². The largest absolute Gasteiger partial charge is 0.469 e. The third-order valence-electron chi connectivity index (χ3n) is 5.02. The molecule has 1 aliphatic rings. The molecule has 0 aliphatic carbocycles. The van der Waals surface area contributed by atoms with Gasteiger partial charge in [-0.1, -0.05) is 12.1 Å². The fraction of sp³-hybridized carbons (Fsp3) is 0.400. The smallest absolute Gasteiger partial charge is 0.223 e. The summed E-state index contributed by atoms with van der Waals surface area (Å²) < 4.78 is 5.35. The Morgan fingerprint density at radius 3 is 2.85 bits per heavy atom. The van der Waals surface area contributed by atoms with Gasteiger partial charge in [-0.25, -0.2) is 4.98 Å². The minimum Gasteiger partial charge on any atom is -0.469 e. The highest BCUT2D eigenvalue weighted by Crippen LogP contribution is 2.23. The quantitative estimate of drug-likeness (QED) is 0.740. The molecule has 2 N–H and O–H groups in total. The third-order valence-corrected chi connectivity index (χ3v) is 5.02. The van der Waals surface area contributed by atoms with Crippen LogP contribution in [0.2, 0.25) is 0 Å². The number of piperidine rings is 1. The van der Waals surface area contributed by atoms with Gasteiger partial charge in [0, 0.05) is 31.5 Å². The first-order chi connectivity index (χ1) is 12.7. The summed E-state index contributed by atoms with van der Waals surface area (Å²) in [6, 6.07) is 11.9. The molecule has 3 aromatic rings. The number of fused-ring (bicyclic) bond motifs is 1. The number of hydrogen-bond acceptors (Lipinski definition) is 4. The van der Waals surface area contributed by atoms with E-state index in [-0.39, 0.29) is 17.9 Å². The van der Waals surface area contributed by atoms with E-state index >= 15 is 0 Å². The monoisotopic (exact) mass is 352 g/mol. The predicted octanol–water partition coefficient (Wildman–Crippen LogP) is 3.12. The van der Waals surface area contributed by atoms with Crippen LogP contribution in [0.4, 0.5) is 5.95 Å². The van der Waals surface area contributed by atoms with Gasteiger partial charge in [-0.3, -0.25) is 4.79 Å². The number of nitrogens with one attached hydrogen (secondary N) is 2. The second kappa shape index (κ2) is 7.23. The molecule has 6 heteroatoms. The Bertz CT molecular complexity index is 830. The van der Waals surface area contributed by atoms with E-state index in [9.17, 15) is 4.79 Å². The Morgan fingerprint density at radius 1 is 1.31 bits per heavy atom. The van der Waals surface area contributed by atoms with Gasteiger partial charge in [0.2, 0.25) is 11.9 Å². The van der Waals surface area contributed by atoms with Crippen LogP contribution >= 0.6 is 0 Å². The molecule has 1 amide bonds. The van der Waals surface area contributed by atoms with E-state index in [1.165, 1.54) is 0 Å². The molecule has 1 aromatic carbocycles. The van der Waals surface area contributed by atoms with Crippen molar-refractivity contribution in [1.29, 1.82) is 0 Å². The normalized spacial score (nSPS) is 16.7. The number of nitrogens with zero attached hydrogens (tertiary/aromatic N) is 2. The average molecular weight is 352 g/mol. The summed E-state index contributed by atoms with van der Waals surface area (Å²) in [5.41, 5.74) is 2.03. The molecule has 1 saturated heterocycles. The van der Waals surface area contributed by atoms with E-state index in [0.717, 1.165) is 55.1 Å². The molecule has 0 saturated carbocycles. The van der Waals surface area contributed by atoms with Crippen LogP contribution in [-0.4, -0.2) is 35.0 Å². The number of para-hydroxylation sites is 2. The number of benzene rings is 1. The number of amides is 1. The van der Waals surface area contributed by atoms with Crippen molar-refractivity contribution in [2.75, 3.05) is 18.0 Å². The lowest BCUT2D eigenvalue weighted by Gasteiger charge is -2.31. The fourth-order valence-electron chi connectivity index (χ4n) is 3.58. The Hall–Kier alpha value is -2.76. The van der Waals surface area contributed by atoms with Crippen LogP contribution in [0, 0.1) is 5.92 Å². The molecule has 1 aliphatic heterocycles. The van der Waals surface area contributed by atoms with Crippen LogP contribution < -0.4 is 10.2 Å². The first-order valence-corrected chi connectivity index (χ1v) is 9.21. The van der Waals surface area contributed by atoms with Crippen LogP contribution in [-0.2, 0) is 11.2 Å². The number of rotatable bonds is 5. The third kappa shape index (κ3) is 3.59. The van der Waals surface area contributed by atoms with Crippen LogP contribution in [0.1, 0.15) is 25.5 Å². The predicted molar refractivity (Wildman–Crippen MR) is 101 cm³/mol. The molecule has 6 nitrogen and oxygen atoms in total. The second-order valence-corrected chi connectivity index (χ2v) is 7.03. The number of aromatic nitrogens is 2. The van der Waals surface area contributed by atoms with Gasteiger partial charge in [-0.05, 0) is 44.0 Å². The number of anilines is 1. The van der Waals surface area contributed by atoms with E-state index in [1.54, 1.807) is 6.26 Å². The maximum absolute atomic E-state index is 12.5. The molecule has 26 heavy (non-hydrogen) atoms. The highest BCUT2D eigenvalue weighted by atomic mass is 16.3. The van der Waals surface area contributed by atoms with Crippen molar-refractivity contribution in [1.82, 2.24) is 15.3 Å². The number of carbonyl (C=O) groups excluding carboxylic acids is 1. The average Bonchev–Trinajstić information content (AvgIpc) is 3.31. The lowest BCUT2D eigenvalue weighted by atomic mass is 9.95. The summed E-state index contributed by atoms with van der Waals surface area (Å²) in [7, 11) is 0. The maximum Gasteiger partial charge on any atom is 0.223 e.